The van der Waals surface area contributed by atoms with Crippen molar-refractivity contribution in [3.05, 3.63) is 35.9 Å². The molecule has 1 aromatic rings. The third kappa shape index (κ3) is 11.7. The first-order chi connectivity index (χ1) is 17.8. The van der Waals surface area contributed by atoms with Crippen LogP contribution in [-0.4, -0.2) is 71.4 Å². The maximum absolute atomic E-state index is 13.1. The molecule has 0 aliphatic rings. The smallest absolute Gasteiger partial charge is 0.326 e. The third-order valence-corrected chi connectivity index (χ3v) is 5.53. The van der Waals surface area contributed by atoms with Gasteiger partial charge in [-0.25, -0.2) is 4.79 Å². The van der Waals surface area contributed by atoms with Gasteiger partial charge in [0.2, 0.25) is 23.6 Å². The number of aliphatic carboxylic acids is 1. The fraction of sp³-hybridized carbons (Fsp3) is 0.500. The van der Waals surface area contributed by atoms with Crippen molar-refractivity contribution < 1.29 is 29.1 Å². The van der Waals surface area contributed by atoms with Gasteiger partial charge >= 0.3 is 5.97 Å². The van der Waals surface area contributed by atoms with Crippen molar-refractivity contribution in [3.63, 3.8) is 0 Å². The number of nitrogens with zero attached hydrogens (tertiary/aromatic N) is 1. The van der Waals surface area contributed by atoms with Gasteiger partial charge in [-0.3, -0.25) is 24.2 Å². The van der Waals surface area contributed by atoms with Crippen LogP contribution in [0.5, 0.6) is 0 Å². The lowest BCUT2D eigenvalue weighted by molar-refractivity contribution is -0.142. The molecule has 1 aromatic carbocycles. The van der Waals surface area contributed by atoms with E-state index in [0.29, 0.717) is 5.56 Å². The Morgan fingerprint density at radius 1 is 0.868 bits per heavy atom. The first-order valence-corrected chi connectivity index (χ1v) is 12.1. The van der Waals surface area contributed by atoms with Crippen molar-refractivity contribution in [2.24, 2.45) is 33.8 Å². The van der Waals surface area contributed by atoms with Gasteiger partial charge in [0.05, 0.1) is 12.5 Å². The SMILES string of the molecule is CC(C)C(N)C(=O)NC(CC(N)=O)C(=O)NC(CCCN=C(N)N)C(=O)NC(Cc1ccccc1)C(=O)O. The van der Waals surface area contributed by atoms with Crippen LogP contribution in [0, 0.1) is 5.92 Å². The van der Waals surface area contributed by atoms with Gasteiger partial charge in [0.15, 0.2) is 5.96 Å². The molecule has 0 bridgehead atoms. The second-order valence-electron chi connectivity index (χ2n) is 9.10. The summed E-state index contributed by atoms with van der Waals surface area (Å²) in [6.45, 7) is 3.55. The van der Waals surface area contributed by atoms with Crippen LogP contribution >= 0.6 is 0 Å². The van der Waals surface area contributed by atoms with Gasteiger partial charge in [0.25, 0.3) is 0 Å². The summed E-state index contributed by atoms with van der Waals surface area (Å²) >= 11 is 0. The molecule has 0 radical (unpaired) electrons. The second kappa shape index (κ2) is 15.8. The third-order valence-electron chi connectivity index (χ3n) is 5.53. The van der Waals surface area contributed by atoms with Crippen LogP contribution < -0.4 is 38.9 Å². The molecule has 38 heavy (non-hydrogen) atoms. The lowest BCUT2D eigenvalue weighted by atomic mass is 10.0. The van der Waals surface area contributed by atoms with Gasteiger partial charge in [-0.15, -0.1) is 0 Å². The highest BCUT2D eigenvalue weighted by Crippen LogP contribution is 2.07. The molecule has 0 spiro atoms. The molecule has 0 saturated heterocycles. The Morgan fingerprint density at radius 2 is 1.42 bits per heavy atom. The maximum atomic E-state index is 13.1. The molecule has 0 heterocycles. The van der Waals surface area contributed by atoms with E-state index in [1.165, 1.54) is 0 Å². The number of carbonyl (C=O) groups excluding carboxylic acids is 4. The summed E-state index contributed by atoms with van der Waals surface area (Å²) in [5.41, 5.74) is 22.4. The highest BCUT2D eigenvalue weighted by molar-refractivity contribution is 5.96. The number of nitrogens with one attached hydrogen (secondary N) is 3. The molecule has 210 valence electrons. The predicted octanol–water partition coefficient (Wildman–Crippen LogP) is -2.32. The highest BCUT2D eigenvalue weighted by atomic mass is 16.4. The topological polar surface area (TPSA) is 258 Å². The van der Waals surface area contributed by atoms with E-state index in [2.05, 4.69) is 20.9 Å². The van der Waals surface area contributed by atoms with Crippen molar-refractivity contribution in [2.45, 2.75) is 63.7 Å². The highest BCUT2D eigenvalue weighted by Gasteiger charge is 2.31. The van der Waals surface area contributed by atoms with Gasteiger partial charge in [-0.2, -0.15) is 0 Å². The minimum absolute atomic E-state index is 0.00400. The molecule has 4 amide bonds. The van der Waals surface area contributed by atoms with Crippen molar-refractivity contribution in [3.8, 4) is 0 Å². The van der Waals surface area contributed by atoms with E-state index in [4.69, 9.17) is 22.9 Å². The van der Waals surface area contributed by atoms with Crippen molar-refractivity contribution in [1.29, 1.82) is 0 Å². The normalized spacial score (nSPS) is 13.9. The zero-order valence-corrected chi connectivity index (χ0v) is 21.6. The van der Waals surface area contributed by atoms with Gasteiger partial charge in [-0.05, 0) is 24.3 Å². The zero-order valence-electron chi connectivity index (χ0n) is 21.6. The first-order valence-electron chi connectivity index (χ1n) is 12.1. The molecule has 0 fully saturated rings. The first kappa shape index (κ1) is 31.8. The van der Waals surface area contributed by atoms with E-state index >= 15 is 0 Å². The van der Waals surface area contributed by atoms with Crippen LogP contribution in [0.3, 0.4) is 0 Å². The van der Waals surface area contributed by atoms with Crippen LogP contribution in [-0.2, 0) is 30.4 Å². The molecule has 4 atom stereocenters. The number of hydrogen-bond donors (Lipinski definition) is 8. The van der Waals surface area contributed by atoms with Crippen molar-refractivity contribution in [1.82, 2.24) is 16.0 Å². The van der Waals surface area contributed by atoms with E-state index < -0.39 is 60.2 Å². The molecule has 14 heteroatoms. The number of hydrogen-bond acceptors (Lipinski definition) is 7. The average Bonchev–Trinajstić information content (AvgIpc) is 2.84. The van der Waals surface area contributed by atoms with E-state index in [1.807, 2.05) is 0 Å². The summed E-state index contributed by atoms with van der Waals surface area (Å²) in [4.78, 5) is 65.8. The van der Waals surface area contributed by atoms with Gasteiger partial charge < -0.3 is 44.0 Å². The Kier molecular flexibility index (Phi) is 13.2. The van der Waals surface area contributed by atoms with Crippen molar-refractivity contribution >= 4 is 35.6 Å². The van der Waals surface area contributed by atoms with Crippen LogP contribution in [0.15, 0.2) is 35.3 Å². The number of carboxylic acids is 1. The van der Waals surface area contributed by atoms with E-state index in [-0.39, 0.29) is 37.7 Å². The van der Waals surface area contributed by atoms with Crippen LogP contribution in [0.1, 0.15) is 38.7 Å². The van der Waals surface area contributed by atoms with Gasteiger partial charge in [-0.1, -0.05) is 44.2 Å². The maximum Gasteiger partial charge on any atom is 0.326 e. The van der Waals surface area contributed by atoms with Gasteiger partial charge in [0, 0.05) is 13.0 Å². The monoisotopic (exact) mass is 534 g/mol. The Morgan fingerprint density at radius 3 is 1.95 bits per heavy atom. The fourth-order valence-electron chi connectivity index (χ4n) is 3.35. The van der Waals surface area contributed by atoms with E-state index in [1.54, 1.807) is 44.2 Å². The summed E-state index contributed by atoms with van der Waals surface area (Å²) in [5, 5.41) is 16.9. The molecule has 0 aliphatic heterocycles. The number of carbonyl (C=O) groups is 5. The Balaban J connectivity index is 3.09. The quantitative estimate of drug-likeness (QED) is 0.0642. The summed E-state index contributed by atoms with van der Waals surface area (Å²) in [6, 6.07) is 3.80. The molecule has 0 aromatic heterocycles. The number of primary amides is 1. The van der Waals surface area contributed by atoms with E-state index in [0.717, 1.165) is 0 Å². The number of rotatable bonds is 16. The number of benzene rings is 1. The second-order valence-corrected chi connectivity index (χ2v) is 9.10. The zero-order chi connectivity index (χ0) is 28.8. The minimum atomic E-state index is -1.41. The molecule has 12 N–H and O–H groups in total. The fourth-order valence-corrected chi connectivity index (χ4v) is 3.35. The minimum Gasteiger partial charge on any atom is -0.480 e. The number of aliphatic imine (C=N–C) groups is 1. The average molecular weight is 535 g/mol. The predicted molar refractivity (Wildman–Crippen MR) is 140 cm³/mol. The Labute approximate surface area is 221 Å². The van der Waals surface area contributed by atoms with E-state index in [9.17, 15) is 29.1 Å². The molecule has 0 aliphatic carbocycles. The lowest BCUT2D eigenvalue weighted by Crippen LogP contribution is -2.58. The molecule has 0 saturated carbocycles. The number of carboxylic acid groups (broad SMARTS) is 1. The number of amides is 4. The van der Waals surface area contributed by atoms with Crippen LogP contribution in [0.25, 0.3) is 0 Å². The molecule has 4 unspecified atom stereocenters. The molecular formula is C24H38N8O6. The summed E-state index contributed by atoms with van der Waals surface area (Å²) in [6.07, 6.45) is -0.271. The molecule has 1 rings (SSSR count). The van der Waals surface area contributed by atoms with Crippen LogP contribution in [0.2, 0.25) is 0 Å². The summed E-state index contributed by atoms with van der Waals surface area (Å²) in [5.74, 6) is -4.88. The standard InChI is InChI=1S/C24H38N8O6/c1-13(2)19(26)22(36)31-16(12-18(25)33)21(35)30-15(9-6-10-29-24(27)28)20(34)32-17(23(37)38)11-14-7-4-3-5-8-14/h3-5,7-8,13,15-17,19H,6,9-12,26H2,1-2H3,(H2,25,33)(H,30,35)(H,31,36)(H,32,34)(H,37,38)(H4,27,28,29). The molecule has 14 nitrogen and oxygen atoms in total. The Bertz CT molecular complexity index is 997. The summed E-state index contributed by atoms with van der Waals surface area (Å²) in [7, 11) is 0. The van der Waals surface area contributed by atoms with Crippen LogP contribution in [0.4, 0.5) is 0 Å². The number of nitrogens with two attached hydrogens (primary N) is 4. The molecular weight excluding hydrogens is 496 g/mol. The van der Waals surface area contributed by atoms with Gasteiger partial charge in [0.1, 0.15) is 18.1 Å². The summed E-state index contributed by atoms with van der Waals surface area (Å²) < 4.78 is 0. The lowest BCUT2D eigenvalue weighted by Gasteiger charge is -2.25. The Hall–Kier alpha value is -4.20. The largest absolute Gasteiger partial charge is 0.480 e. The van der Waals surface area contributed by atoms with Crippen molar-refractivity contribution in [2.75, 3.05) is 6.54 Å². The number of guanidine groups is 1.